The number of thiazole rings is 1. The molecule has 1 spiro atoms. The maximum atomic E-state index is 13.5. The van der Waals surface area contributed by atoms with E-state index in [9.17, 15) is 14.7 Å². The minimum Gasteiger partial charge on any atom is -0.476 e. The molecular weight excluding hydrogens is 621 g/mol. The Kier molecular flexibility index (Phi) is 5.91. The second-order valence-corrected chi connectivity index (χ2v) is 16.0. The molecule has 1 aliphatic heterocycles. The average Bonchev–Trinajstić information content (AvgIpc) is 3.81. The molecule has 2 atom stereocenters. The first-order valence-corrected chi connectivity index (χ1v) is 17.9. The molecule has 5 aliphatic rings. The third-order valence-corrected chi connectivity index (χ3v) is 13.7. The minimum atomic E-state index is -1.06. The zero-order chi connectivity index (χ0) is 32.4. The van der Waals surface area contributed by atoms with Gasteiger partial charge < -0.3 is 10.0 Å². The van der Waals surface area contributed by atoms with Crippen molar-refractivity contribution in [1.82, 2.24) is 19.7 Å². The highest BCUT2D eigenvalue weighted by Crippen LogP contribution is 2.84. The molecule has 1 amide bonds. The van der Waals surface area contributed by atoms with Crippen LogP contribution < -0.4 is 10.2 Å². The van der Waals surface area contributed by atoms with Crippen LogP contribution in [0.2, 0.25) is 0 Å². The Hall–Kier alpha value is -4.57. The molecule has 48 heavy (non-hydrogen) atoms. The van der Waals surface area contributed by atoms with E-state index in [1.54, 1.807) is 0 Å². The number of nitrogens with one attached hydrogen (secondary N) is 1. The zero-order valence-electron chi connectivity index (χ0n) is 26.8. The quantitative estimate of drug-likeness (QED) is 0.190. The number of carboxylic acids is 1. The van der Waals surface area contributed by atoms with Gasteiger partial charge in [0.05, 0.1) is 16.4 Å². The van der Waals surface area contributed by atoms with Gasteiger partial charge in [-0.15, -0.1) is 0 Å². The number of carbonyl (C=O) groups is 2. The summed E-state index contributed by atoms with van der Waals surface area (Å²) in [6, 6.07) is 17.4. The van der Waals surface area contributed by atoms with Crippen LogP contribution in [0.5, 0.6) is 0 Å². The van der Waals surface area contributed by atoms with E-state index in [2.05, 4.69) is 32.9 Å². The summed E-state index contributed by atoms with van der Waals surface area (Å²) in [6.07, 6.45) is 9.43. The Morgan fingerprint density at radius 2 is 1.83 bits per heavy atom. The molecule has 4 heterocycles. The lowest BCUT2D eigenvalue weighted by Crippen LogP contribution is -2.59. The molecule has 9 nitrogen and oxygen atoms in total. The van der Waals surface area contributed by atoms with Crippen molar-refractivity contribution >= 4 is 44.4 Å². The van der Waals surface area contributed by atoms with Gasteiger partial charge in [0.2, 0.25) is 0 Å². The van der Waals surface area contributed by atoms with E-state index in [-0.39, 0.29) is 11.6 Å². The van der Waals surface area contributed by atoms with Crippen LogP contribution >= 0.6 is 11.3 Å². The standard InChI is InChI=1S/C38H36N6O3S/c1-21-28(17-39-44(21)20-37-15-24-13-23-14-25(16-37)38(23,24)19-37)26-9-10-32(41-33(26)35(46)47)43-12-11-22-5-4-6-27(29(22)18-43)34(45)42-36-40-30-7-2-3-8-31(30)48-36/h2-10,17,23-25H,11-16,18-20H2,1H3,(H,46,47)(H,40,42,45). The molecule has 4 aliphatic carbocycles. The summed E-state index contributed by atoms with van der Waals surface area (Å²) in [5.74, 6) is 2.15. The lowest BCUT2D eigenvalue weighted by atomic mass is 9.38. The minimum absolute atomic E-state index is 0.0283. The van der Waals surface area contributed by atoms with Gasteiger partial charge in [-0.3, -0.25) is 14.8 Å². The first-order chi connectivity index (χ1) is 23.3. The van der Waals surface area contributed by atoms with Gasteiger partial charge in [-0.25, -0.2) is 14.8 Å². The molecule has 4 saturated carbocycles. The monoisotopic (exact) mass is 656 g/mol. The number of anilines is 2. The van der Waals surface area contributed by atoms with Crippen molar-refractivity contribution in [3.8, 4) is 11.1 Å². The number of hydrogen-bond donors (Lipinski definition) is 2. The van der Waals surface area contributed by atoms with Crippen LogP contribution in [-0.2, 0) is 19.5 Å². The van der Waals surface area contributed by atoms with Crippen LogP contribution in [0, 0.1) is 35.5 Å². The normalized spacial score (nSPS) is 27.7. The maximum Gasteiger partial charge on any atom is 0.355 e. The molecule has 5 aromatic rings. The Morgan fingerprint density at radius 1 is 1.00 bits per heavy atom. The van der Waals surface area contributed by atoms with E-state index in [4.69, 9.17) is 10.1 Å². The number of amides is 1. The van der Waals surface area contributed by atoms with E-state index in [0.717, 1.165) is 63.3 Å². The number of rotatable bonds is 7. The van der Waals surface area contributed by atoms with Crippen molar-refractivity contribution in [2.45, 2.75) is 58.5 Å². The van der Waals surface area contributed by atoms with E-state index in [1.165, 1.54) is 43.4 Å². The average molecular weight is 657 g/mol. The summed E-state index contributed by atoms with van der Waals surface area (Å²) in [5, 5.41) is 18.7. The first kappa shape index (κ1) is 28.4. The molecule has 2 N–H and O–H groups in total. The molecule has 2 bridgehead atoms. The smallest absolute Gasteiger partial charge is 0.355 e. The third-order valence-electron chi connectivity index (χ3n) is 12.8. The summed E-state index contributed by atoms with van der Waals surface area (Å²) in [5.41, 5.74) is 6.95. The van der Waals surface area contributed by atoms with Crippen LogP contribution in [-0.4, -0.2) is 43.3 Å². The number of carbonyl (C=O) groups excluding carboxylic acids is 1. The number of fused-ring (bicyclic) bond motifs is 3. The SMILES string of the molecule is Cc1c(-c2ccc(N3CCc4cccc(C(=O)Nc5nc6ccccc6s5)c4C3)nc2C(=O)O)cnn1CC12CC3CC4CC(C1)C43C2. The molecule has 2 aromatic carbocycles. The number of pyridine rings is 1. The lowest BCUT2D eigenvalue weighted by molar-refractivity contribution is -0.177. The van der Waals surface area contributed by atoms with E-state index < -0.39 is 5.97 Å². The number of aromatic carboxylic acids is 1. The predicted octanol–water partition coefficient (Wildman–Crippen LogP) is 7.20. The maximum absolute atomic E-state index is 13.5. The fraction of sp³-hybridized carbons (Fsp3) is 0.395. The fourth-order valence-electron chi connectivity index (χ4n) is 10.7. The number of para-hydroxylation sites is 1. The van der Waals surface area contributed by atoms with Crippen LogP contribution in [0.15, 0.2) is 60.8 Å². The van der Waals surface area contributed by atoms with E-state index in [1.807, 2.05) is 54.7 Å². The van der Waals surface area contributed by atoms with Crippen LogP contribution in [0.25, 0.3) is 21.3 Å². The second-order valence-electron chi connectivity index (χ2n) is 15.0. The van der Waals surface area contributed by atoms with Crippen molar-refractivity contribution in [3.63, 3.8) is 0 Å². The lowest BCUT2D eigenvalue weighted by Gasteiger charge is -2.66. The summed E-state index contributed by atoms with van der Waals surface area (Å²) >= 11 is 1.45. The molecular formula is C38H36N6O3S. The fourth-order valence-corrected chi connectivity index (χ4v) is 11.6. The van der Waals surface area contributed by atoms with E-state index in [0.29, 0.717) is 46.0 Å². The van der Waals surface area contributed by atoms with Crippen LogP contribution in [0.4, 0.5) is 10.9 Å². The highest BCUT2D eigenvalue weighted by molar-refractivity contribution is 7.22. The first-order valence-electron chi connectivity index (χ1n) is 17.1. The van der Waals surface area contributed by atoms with Gasteiger partial charge in [0.1, 0.15) is 5.82 Å². The van der Waals surface area contributed by atoms with Gasteiger partial charge in [-0.05, 0) is 115 Å². The Bertz CT molecular complexity index is 2140. The van der Waals surface area contributed by atoms with Crippen LogP contribution in [0.1, 0.15) is 69.8 Å². The van der Waals surface area contributed by atoms with Gasteiger partial charge in [-0.2, -0.15) is 5.10 Å². The highest BCUT2D eigenvalue weighted by Gasteiger charge is 2.77. The molecule has 242 valence electrons. The van der Waals surface area contributed by atoms with Crippen molar-refractivity contribution in [2.75, 3.05) is 16.8 Å². The molecule has 10 heteroatoms. The molecule has 0 saturated heterocycles. The van der Waals surface area contributed by atoms with Gasteiger partial charge in [-0.1, -0.05) is 35.6 Å². The topological polar surface area (TPSA) is 113 Å². The zero-order valence-corrected chi connectivity index (χ0v) is 27.6. The number of hydrogen-bond acceptors (Lipinski definition) is 7. The molecule has 2 unspecified atom stereocenters. The third kappa shape index (κ3) is 3.98. The number of benzene rings is 2. The summed E-state index contributed by atoms with van der Waals surface area (Å²) < 4.78 is 3.15. The number of nitrogens with zero attached hydrogens (tertiary/aromatic N) is 5. The number of aromatic nitrogens is 4. The van der Waals surface area contributed by atoms with Gasteiger partial charge >= 0.3 is 5.97 Å². The van der Waals surface area contributed by atoms with Gasteiger partial charge in [0.25, 0.3) is 5.91 Å². The Balaban J connectivity index is 0.910. The number of carboxylic acid groups (broad SMARTS) is 1. The van der Waals surface area contributed by atoms with Gasteiger partial charge in [0.15, 0.2) is 10.8 Å². The molecule has 4 fully saturated rings. The van der Waals surface area contributed by atoms with Crippen molar-refractivity contribution in [2.24, 2.45) is 28.6 Å². The second kappa shape index (κ2) is 9.98. The summed E-state index contributed by atoms with van der Waals surface area (Å²) in [7, 11) is 0. The summed E-state index contributed by atoms with van der Waals surface area (Å²) in [6.45, 7) is 4.11. The van der Waals surface area contributed by atoms with Crippen molar-refractivity contribution < 1.29 is 14.7 Å². The largest absolute Gasteiger partial charge is 0.476 e. The molecule has 0 radical (unpaired) electrons. The van der Waals surface area contributed by atoms with Crippen molar-refractivity contribution in [1.29, 1.82) is 0 Å². The Morgan fingerprint density at radius 3 is 2.60 bits per heavy atom. The molecule has 3 aromatic heterocycles. The Labute approximate surface area is 282 Å². The highest BCUT2D eigenvalue weighted by atomic mass is 32.1. The summed E-state index contributed by atoms with van der Waals surface area (Å²) in [4.78, 5) is 37.6. The predicted molar refractivity (Wildman–Crippen MR) is 184 cm³/mol. The molecule has 10 rings (SSSR count). The van der Waals surface area contributed by atoms with Crippen molar-refractivity contribution in [3.05, 3.63) is 88.9 Å². The van der Waals surface area contributed by atoms with E-state index >= 15 is 0 Å². The van der Waals surface area contributed by atoms with Crippen LogP contribution in [0.3, 0.4) is 0 Å². The van der Waals surface area contributed by atoms with Gasteiger partial charge in [0, 0.05) is 42.0 Å².